The Labute approximate surface area is 134 Å². The lowest BCUT2D eigenvalue weighted by Gasteiger charge is -2.13. The fraction of sp³-hybridized carbons (Fsp3) is 0.375. The van der Waals surface area contributed by atoms with Gasteiger partial charge in [-0.25, -0.2) is 4.98 Å². The van der Waals surface area contributed by atoms with Crippen LogP contribution in [0.2, 0.25) is 0 Å². The Morgan fingerprint density at radius 2 is 1.83 bits per heavy atom. The summed E-state index contributed by atoms with van der Waals surface area (Å²) < 4.78 is 16.1. The zero-order chi connectivity index (χ0) is 16.4. The van der Waals surface area contributed by atoms with Gasteiger partial charge in [-0.15, -0.1) is 0 Å². The van der Waals surface area contributed by atoms with E-state index in [-0.39, 0.29) is 11.8 Å². The second-order valence-corrected chi connectivity index (χ2v) is 5.30. The molecule has 1 aliphatic heterocycles. The summed E-state index contributed by atoms with van der Waals surface area (Å²) in [5.41, 5.74) is 1.70. The standard InChI is InChI=1S/C16H19N3O4/c1-21-12-4-9(5-13(22-2)15(12)23-3)11-8-18-16(19-11)10-6-14(20)17-7-10/h4-5,8,10H,6-7H2,1-3H3,(H,17,20)(H,18,19). The van der Waals surface area contributed by atoms with Crippen molar-refractivity contribution in [3.63, 3.8) is 0 Å². The van der Waals surface area contributed by atoms with Crippen LogP contribution in [0, 0.1) is 0 Å². The van der Waals surface area contributed by atoms with Crippen LogP contribution in [0.25, 0.3) is 11.3 Å². The van der Waals surface area contributed by atoms with Gasteiger partial charge in [0.15, 0.2) is 11.5 Å². The minimum absolute atomic E-state index is 0.0562. The number of H-pyrrole nitrogens is 1. The van der Waals surface area contributed by atoms with Crippen molar-refractivity contribution in [2.45, 2.75) is 12.3 Å². The van der Waals surface area contributed by atoms with Gasteiger partial charge in [-0.2, -0.15) is 0 Å². The van der Waals surface area contributed by atoms with E-state index >= 15 is 0 Å². The molecule has 3 rings (SSSR count). The highest BCUT2D eigenvalue weighted by Crippen LogP contribution is 2.41. The fourth-order valence-electron chi connectivity index (χ4n) is 2.73. The molecule has 0 saturated carbocycles. The number of nitrogens with one attached hydrogen (secondary N) is 2. The summed E-state index contributed by atoms with van der Waals surface area (Å²) in [7, 11) is 4.73. The molecule has 0 radical (unpaired) electrons. The molecule has 23 heavy (non-hydrogen) atoms. The van der Waals surface area contributed by atoms with E-state index in [9.17, 15) is 4.79 Å². The lowest BCUT2D eigenvalue weighted by molar-refractivity contribution is -0.119. The molecule has 7 nitrogen and oxygen atoms in total. The van der Waals surface area contributed by atoms with Gasteiger partial charge in [0.05, 0.1) is 33.2 Å². The van der Waals surface area contributed by atoms with Gasteiger partial charge in [-0.1, -0.05) is 0 Å². The largest absolute Gasteiger partial charge is 0.493 e. The first-order valence-corrected chi connectivity index (χ1v) is 7.28. The maximum atomic E-state index is 11.3. The molecule has 1 unspecified atom stereocenters. The Bertz CT molecular complexity index is 701. The minimum Gasteiger partial charge on any atom is -0.493 e. The summed E-state index contributed by atoms with van der Waals surface area (Å²) in [6.07, 6.45) is 2.21. The number of hydrogen-bond acceptors (Lipinski definition) is 5. The van der Waals surface area contributed by atoms with E-state index in [2.05, 4.69) is 15.3 Å². The number of rotatable bonds is 5. The number of nitrogens with zero attached hydrogens (tertiary/aromatic N) is 1. The van der Waals surface area contributed by atoms with Gasteiger partial charge in [-0.05, 0) is 12.1 Å². The number of hydrogen-bond donors (Lipinski definition) is 2. The van der Waals surface area contributed by atoms with Gasteiger partial charge in [0.1, 0.15) is 5.82 Å². The zero-order valence-corrected chi connectivity index (χ0v) is 13.3. The molecule has 1 aliphatic rings. The third-order valence-corrected chi connectivity index (χ3v) is 3.94. The number of ether oxygens (including phenoxy) is 3. The van der Waals surface area contributed by atoms with Crippen molar-refractivity contribution in [3.8, 4) is 28.5 Å². The van der Waals surface area contributed by atoms with E-state index < -0.39 is 0 Å². The number of methoxy groups -OCH3 is 3. The summed E-state index contributed by atoms with van der Waals surface area (Å²) in [6, 6.07) is 3.72. The number of carbonyl (C=O) groups excluding carboxylic acids is 1. The van der Waals surface area contributed by atoms with Crippen molar-refractivity contribution >= 4 is 5.91 Å². The lowest BCUT2D eigenvalue weighted by atomic mass is 10.1. The van der Waals surface area contributed by atoms with E-state index in [0.29, 0.717) is 30.2 Å². The van der Waals surface area contributed by atoms with Crippen LogP contribution in [0.15, 0.2) is 18.3 Å². The summed E-state index contributed by atoms with van der Waals surface area (Å²) >= 11 is 0. The maximum absolute atomic E-state index is 11.3. The molecule has 122 valence electrons. The van der Waals surface area contributed by atoms with Crippen molar-refractivity contribution in [3.05, 3.63) is 24.2 Å². The Kier molecular flexibility index (Phi) is 4.10. The number of benzene rings is 1. The third kappa shape index (κ3) is 2.81. The topological polar surface area (TPSA) is 85.5 Å². The molecule has 1 aromatic carbocycles. The van der Waals surface area contributed by atoms with Gasteiger partial charge in [0.2, 0.25) is 11.7 Å². The highest BCUT2D eigenvalue weighted by atomic mass is 16.5. The predicted octanol–water partition coefficient (Wildman–Crippen LogP) is 1.71. The quantitative estimate of drug-likeness (QED) is 0.877. The van der Waals surface area contributed by atoms with Crippen molar-refractivity contribution in [2.24, 2.45) is 0 Å². The molecule has 1 amide bonds. The Hall–Kier alpha value is -2.70. The monoisotopic (exact) mass is 317 g/mol. The molecule has 2 N–H and O–H groups in total. The van der Waals surface area contributed by atoms with Crippen LogP contribution in [0.1, 0.15) is 18.2 Å². The average Bonchev–Trinajstić information content (AvgIpc) is 3.22. The van der Waals surface area contributed by atoms with Crippen LogP contribution < -0.4 is 19.5 Å². The first-order chi connectivity index (χ1) is 11.2. The molecule has 0 spiro atoms. The zero-order valence-electron chi connectivity index (χ0n) is 13.3. The van der Waals surface area contributed by atoms with Crippen molar-refractivity contribution in [2.75, 3.05) is 27.9 Å². The summed E-state index contributed by atoms with van der Waals surface area (Å²) in [5.74, 6) is 2.64. The van der Waals surface area contributed by atoms with Crippen LogP contribution in [-0.4, -0.2) is 43.7 Å². The average molecular weight is 317 g/mol. The van der Waals surface area contributed by atoms with Crippen LogP contribution in [0.4, 0.5) is 0 Å². The van der Waals surface area contributed by atoms with E-state index in [1.165, 1.54) is 0 Å². The molecule has 7 heteroatoms. The van der Waals surface area contributed by atoms with Gasteiger partial charge in [-0.3, -0.25) is 4.79 Å². The van der Waals surface area contributed by atoms with Crippen molar-refractivity contribution in [1.82, 2.24) is 15.3 Å². The number of amides is 1. The fourth-order valence-corrected chi connectivity index (χ4v) is 2.73. The van der Waals surface area contributed by atoms with Gasteiger partial charge >= 0.3 is 0 Å². The molecular formula is C16H19N3O4. The van der Waals surface area contributed by atoms with Crippen LogP contribution in [0.5, 0.6) is 17.2 Å². The first-order valence-electron chi connectivity index (χ1n) is 7.28. The Morgan fingerprint density at radius 1 is 1.13 bits per heavy atom. The van der Waals surface area contributed by atoms with Crippen LogP contribution in [-0.2, 0) is 4.79 Å². The molecular weight excluding hydrogens is 298 g/mol. The van der Waals surface area contributed by atoms with E-state index in [4.69, 9.17) is 14.2 Å². The van der Waals surface area contributed by atoms with Crippen LogP contribution in [0.3, 0.4) is 0 Å². The number of aromatic amines is 1. The molecule has 2 aromatic rings. The number of carbonyl (C=O) groups is 1. The number of aromatic nitrogens is 2. The van der Waals surface area contributed by atoms with Crippen molar-refractivity contribution < 1.29 is 19.0 Å². The lowest BCUT2D eigenvalue weighted by Crippen LogP contribution is -2.13. The Morgan fingerprint density at radius 3 is 2.35 bits per heavy atom. The van der Waals surface area contributed by atoms with E-state index in [1.807, 2.05) is 12.1 Å². The van der Waals surface area contributed by atoms with Gasteiger partial charge in [0, 0.05) is 24.4 Å². The van der Waals surface area contributed by atoms with E-state index in [0.717, 1.165) is 17.1 Å². The SMILES string of the molecule is COc1cc(-c2cnc(C3CNC(=O)C3)[nH]2)cc(OC)c1OC. The second-order valence-electron chi connectivity index (χ2n) is 5.30. The molecule has 1 atom stereocenters. The van der Waals surface area contributed by atoms with Gasteiger partial charge in [0.25, 0.3) is 0 Å². The Balaban J connectivity index is 1.95. The highest BCUT2D eigenvalue weighted by Gasteiger charge is 2.25. The minimum atomic E-state index is 0.0562. The normalized spacial score (nSPS) is 17.0. The summed E-state index contributed by atoms with van der Waals surface area (Å²) in [5, 5.41) is 2.81. The van der Waals surface area contributed by atoms with E-state index in [1.54, 1.807) is 27.5 Å². The summed E-state index contributed by atoms with van der Waals surface area (Å²) in [4.78, 5) is 19.0. The van der Waals surface area contributed by atoms with Crippen LogP contribution >= 0.6 is 0 Å². The van der Waals surface area contributed by atoms with Crippen molar-refractivity contribution in [1.29, 1.82) is 0 Å². The molecule has 1 fully saturated rings. The summed E-state index contributed by atoms with van der Waals surface area (Å²) in [6.45, 7) is 0.612. The van der Waals surface area contributed by atoms with Gasteiger partial charge < -0.3 is 24.5 Å². The predicted molar refractivity (Wildman–Crippen MR) is 84.0 cm³/mol. The third-order valence-electron chi connectivity index (χ3n) is 3.94. The number of imidazole rings is 1. The first kappa shape index (κ1) is 15.2. The maximum Gasteiger partial charge on any atom is 0.220 e. The molecule has 2 heterocycles. The molecule has 1 saturated heterocycles. The highest BCUT2D eigenvalue weighted by molar-refractivity contribution is 5.79. The second kappa shape index (κ2) is 6.20. The molecule has 0 aliphatic carbocycles. The molecule has 0 bridgehead atoms. The smallest absolute Gasteiger partial charge is 0.220 e. The molecule has 1 aromatic heterocycles.